The summed E-state index contributed by atoms with van der Waals surface area (Å²) in [6.45, 7) is 2.97. The van der Waals surface area contributed by atoms with Gasteiger partial charge in [0.05, 0.1) is 0 Å². The van der Waals surface area contributed by atoms with Crippen LogP contribution in [0.4, 0.5) is 8.78 Å². The summed E-state index contributed by atoms with van der Waals surface area (Å²) in [7, 11) is 0. The van der Waals surface area contributed by atoms with E-state index < -0.39 is 6.55 Å². The standard InChI is InChI=1S/C20H28F2N6/c1-2-23-20(26-14-18-24-10-12-28(18)19(21)22)25-13-17-9-6-11-27(17)15-16-7-4-3-5-8-16/h3-5,7-8,10,12,17,19H,2,6,9,11,13-15H2,1H3,(H2,23,25,26). The zero-order chi connectivity index (χ0) is 19.8. The zero-order valence-corrected chi connectivity index (χ0v) is 16.2. The van der Waals surface area contributed by atoms with Crippen molar-refractivity contribution in [2.24, 2.45) is 4.99 Å². The highest BCUT2D eigenvalue weighted by atomic mass is 19.3. The molecule has 6 nitrogen and oxygen atoms in total. The van der Waals surface area contributed by atoms with E-state index in [1.54, 1.807) is 0 Å². The molecule has 2 N–H and O–H groups in total. The molecule has 28 heavy (non-hydrogen) atoms. The Kier molecular flexibility index (Phi) is 7.36. The van der Waals surface area contributed by atoms with Crippen molar-refractivity contribution in [1.29, 1.82) is 0 Å². The van der Waals surface area contributed by atoms with Crippen LogP contribution in [0, 0.1) is 0 Å². The van der Waals surface area contributed by atoms with Crippen LogP contribution >= 0.6 is 0 Å². The number of rotatable bonds is 8. The highest BCUT2D eigenvalue weighted by molar-refractivity contribution is 5.79. The van der Waals surface area contributed by atoms with Crippen molar-refractivity contribution in [1.82, 2.24) is 25.1 Å². The highest BCUT2D eigenvalue weighted by Gasteiger charge is 2.24. The molecule has 1 aliphatic heterocycles. The molecule has 1 saturated heterocycles. The van der Waals surface area contributed by atoms with Crippen LogP contribution in [0.1, 0.15) is 37.7 Å². The van der Waals surface area contributed by atoms with Gasteiger partial charge in [-0.05, 0) is 31.9 Å². The van der Waals surface area contributed by atoms with Crippen LogP contribution in [0.3, 0.4) is 0 Å². The quantitative estimate of drug-likeness (QED) is 0.537. The third kappa shape index (κ3) is 5.51. The van der Waals surface area contributed by atoms with Crippen molar-refractivity contribution in [3.05, 3.63) is 54.1 Å². The molecule has 1 aromatic heterocycles. The molecule has 1 aliphatic rings. The van der Waals surface area contributed by atoms with Gasteiger partial charge in [-0.25, -0.2) is 9.98 Å². The van der Waals surface area contributed by atoms with Gasteiger partial charge in [0.2, 0.25) is 0 Å². The number of hydrogen-bond acceptors (Lipinski definition) is 3. The van der Waals surface area contributed by atoms with E-state index in [-0.39, 0.29) is 12.4 Å². The molecule has 0 aliphatic carbocycles. The number of likely N-dealkylation sites (tertiary alicyclic amines) is 1. The van der Waals surface area contributed by atoms with Gasteiger partial charge in [-0.2, -0.15) is 8.78 Å². The van der Waals surface area contributed by atoms with Gasteiger partial charge in [0.15, 0.2) is 5.96 Å². The van der Waals surface area contributed by atoms with Crippen molar-refractivity contribution in [2.45, 2.75) is 45.4 Å². The third-order valence-electron chi connectivity index (χ3n) is 4.91. The van der Waals surface area contributed by atoms with E-state index in [0.29, 0.717) is 18.5 Å². The van der Waals surface area contributed by atoms with Crippen molar-refractivity contribution in [2.75, 3.05) is 19.6 Å². The molecule has 1 atom stereocenters. The molecule has 152 valence electrons. The SMILES string of the molecule is CCNC(=NCc1nccn1C(F)F)NCC1CCCN1Cc1ccccc1. The second kappa shape index (κ2) is 10.2. The van der Waals surface area contributed by atoms with Crippen LogP contribution in [0.5, 0.6) is 0 Å². The summed E-state index contributed by atoms with van der Waals surface area (Å²) in [5.41, 5.74) is 1.31. The molecule has 0 spiro atoms. The Morgan fingerprint density at radius 3 is 2.86 bits per heavy atom. The zero-order valence-electron chi connectivity index (χ0n) is 16.2. The van der Waals surface area contributed by atoms with Crippen molar-refractivity contribution in [3.63, 3.8) is 0 Å². The summed E-state index contributed by atoms with van der Waals surface area (Å²) < 4.78 is 26.7. The molecule has 0 amide bonds. The summed E-state index contributed by atoms with van der Waals surface area (Å²) in [4.78, 5) is 10.9. The fraction of sp³-hybridized carbons (Fsp3) is 0.500. The molecular weight excluding hydrogens is 362 g/mol. The lowest BCUT2D eigenvalue weighted by Gasteiger charge is -2.25. The van der Waals surface area contributed by atoms with Crippen LogP contribution in [0.2, 0.25) is 0 Å². The van der Waals surface area contributed by atoms with Gasteiger partial charge in [-0.15, -0.1) is 0 Å². The van der Waals surface area contributed by atoms with Crippen LogP contribution in [0.25, 0.3) is 0 Å². The number of halogens is 2. The molecule has 2 aromatic rings. The summed E-state index contributed by atoms with van der Waals surface area (Å²) >= 11 is 0. The topological polar surface area (TPSA) is 57.5 Å². The van der Waals surface area contributed by atoms with Crippen molar-refractivity contribution < 1.29 is 8.78 Å². The van der Waals surface area contributed by atoms with Gasteiger partial charge in [-0.3, -0.25) is 9.47 Å². The Morgan fingerprint density at radius 1 is 1.29 bits per heavy atom. The average molecular weight is 390 g/mol. The van der Waals surface area contributed by atoms with E-state index in [1.807, 2.05) is 13.0 Å². The minimum Gasteiger partial charge on any atom is -0.357 e. The molecule has 1 aromatic carbocycles. The molecule has 1 unspecified atom stereocenters. The molecule has 1 fully saturated rings. The number of nitrogens with one attached hydrogen (secondary N) is 2. The number of imidazole rings is 1. The van der Waals surface area contributed by atoms with E-state index in [1.165, 1.54) is 24.4 Å². The summed E-state index contributed by atoms with van der Waals surface area (Å²) in [6.07, 6.45) is 4.96. The monoisotopic (exact) mass is 390 g/mol. The van der Waals surface area contributed by atoms with Gasteiger partial charge in [0, 0.05) is 38.1 Å². The predicted octanol–water partition coefficient (Wildman–Crippen LogP) is 3.00. The lowest BCUT2D eigenvalue weighted by Crippen LogP contribution is -2.44. The lowest BCUT2D eigenvalue weighted by molar-refractivity contribution is 0.0671. The van der Waals surface area contributed by atoms with Gasteiger partial charge < -0.3 is 10.6 Å². The highest BCUT2D eigenvalue weighted by Crippen LogP contribution is 2.19. The number of aromatic nitrogens is 2. The number of guanidine groups is 1. The lowest BCUT2D eigenvalue weighted by atomic mass is 10.2. The number of nitrogens with zero attached hydrogens (tertiary/aromatic N) is 4. The van der Waals surface area contributed by atoms with Crippen LogP contribution in [-0.4, -0.2) is 46.1 Å². The van der Waals surface area contributed by atoms with E-state index in [9.17, 15) is 8.78 Å². The summed E-state index contributed by atoms with van der Waals surface area (Å²) in [5.74, 6) is 0.872. The van der Waals surface area contributed by atoms with Gasteiger partial charge in [-0.1, -0.05) is 30.3 Å². The minimum atomic E-state index is -2.60. The number of benzene rings is 1. The molecule has 2 heterocycles. The Hall–Kier alpha value is -2.48. The largest absolute Gasteiger partial charge is 0.357 e. The molecule has 3 rings (SSSR count). The maximum Gasteiger partial charge on any atom is 0.319 e. The molecule has 0 radical (unpaired) electrons. The van der Waals surface area contributed by atoms with Crippen LogP contribution in [0.15, 0.2) is 47.7 Å². The second-order valence-corrected chi connectivity index (χ2v) is 6.86. The van der Waals surface area contributed by atoms with E-state index in [2.05, 4.69) is 49.8 Å². The third-order valence-corrected chi connectivity index (χ3v) is 4.91. The minimum absolute atomic E-state index is 0.102. The van der Waals surface area contributed by atoms with E-state index in [4.69, 9.17) is 0 Å². The summed E-state index contributed by atoms with van der Waals surface area (Å²) in [6, 6.07) is 10.9. The molecule has 8 heteroatoms. The van der Waals surface area contributed by atoms with Crippen molar-refractivity contribution >= 4 is 5.96 Å². The normalized spacial score (nSPS) is 18.0. The second-order valence-electron chi connectivity index (χ2n) is 6.86. The average Bonchev–Trinajstić information content (AvgIpc) is 3.34. The molecule has 0 saturated carbocycles. The Labute approximate surface area is 164 Å². The predicted molar refractivity (Wildman–Crippen MR) is 106 cm³/mol. The van der Waals surface area contributed by atoms with E-state index >= 15 is 0 Å². The smallest absolute Gasteiger partial charge is 0.319 e. The fourth-order valence-corrected chi connectivity index (χ4v) is 3.50. The van der Waals surface area contributed by atoms with E-state index in [0.717, 1.165) is 30.6 Å². The maximum absolute atomic E-state index is 12.9. The van der Waals surface area contributed by atoms with Gasteiger partial charge in [0.25, 0.3) is 0 Å². The molecular formula is C20H28F2N6. The molecule has 0 bridgehead atoms. The van der Waals surface area contributed by atoms with Crippen LogP contribution < -0.4 is 10.6 Å². The van der Waals surface area contributed by atoms with Crippen molar-refractivity contribution in [3.8, 4) is 0 Å². The Bertz CT molecular complexity index is 746. The number of hydrogen-bond donors (Lipinski definition) is 2. The first-order chi connectivity index (χ1) is 13.7. The van der Waals surface area contributed by atoms with Crippen LogP contribution in [-0.2, 0) is 13.1 Å². The Balaban J connectivity index is 1.57. The first-order valence-electron chi connectivity index (χ1n) is 9.77. The summed E-state index contributed by atoms with van der Waals surface area (Å²) in [5, 5.41) is 6.54. The Morgan fingerprint density at radius 2 is 2.11 bits per heavy atom. The first kappa shape index (κ1) is 20.3. The first-order valence-corrected chi connectivity index (χ1v) is 9.77. The maximum atomic E-state index is 12.9. The number of aliphatic imine (C=N–C) groups is 1. The fourth-order valence-electron chi connectivity index (χ4n) is 3.50. The number of alkyl halides is 2. The van der Waals surface area contributed by atoms with Gasteiger partial charge in [0.1, 0.15) is 12.4 Å². The van der Waals surface area contributed by atoms with Gasteiger partial charge >= 0.3 is 6.55 Å².